The molecule has 4 aromatic rings. The number of methoxy groups -OCH3 is 1. The maximum atomic E-state index is 12.2. The van der Waals surface area contributed by atoms with Gasteiger partial charge < -0.3 is 35.2 Å². The van der Waals surface area contributed by atoms with E-state index in [9.17, 15) is 9.90 Å². The molecule has 0 unspecified atom stereocenters. The first kappa shape index (κ1) is 35.4. The SMILES string of the molecule is C=C.C=O.C=O.CNc1ccc(O)cc1.COC.Cc1cc(Nc2ccc(O)cc2)c2c3c(cccc13)C(=O)S2. The second kappa shape index (κ2) is 19.5. The van der Waals surface area contributed by atoms with E-state index in [2.05, 4.69) is 47.6 Å². The summed E-state index contributed by atoms with van der Waals surface area (Å²) >= 11 is 1.28. The Kier molecular flexibility index (Phi) is 17.2. The van der Waals surface area contributed by atoms with Crippen LogP contribution in [0.1, 0.15) is 15.9 Å². The molecule has 4 aromatic carbocycles. The molecule has 0 amide bonds. The Bertz CT molecular complexity index is 1320. The van der Waals surface area contributed by atoms with Crippen LogP contribution >= 0.6 is 11.8 Å². The number of thioether (sulfide) groups is 1. The Morgan fingerprint density at radius 1 is 0.800 bits per heavy atom. The fourth-order valence-corrected chi connectivity index (χ4v) is 4.47. The molecular formula is C31H36N2O6S. The molecule has 0 bridgehead atoms. The van der Waals surface area contributed by atoms with Crippen molar-refractivity contribution >= 4 is 58.3 Å². The predicted molar refractivity (Wildman–Crippen MR) is 166 cm³/mol. The molecule has 212 valence electrons. The highest BCUT2D eigenvalue weighted by atomic mass is 32.2. The lowest BCUT2D eigenvalue weighted by Gasteiger charge is -2.13. The molecule has 1 aliphatic rings. The van der Waals surface area contributed by atoms with E-state index in [1.807, 2.05) is 57.0 Å². The number of carbonyl (C=O) groups excluding carboxylic acids is 3. The van der Waals surface area contributed by atoms with E-state index in [1.54, 1.807) is 38.5 Å². The Hall–Kier alpha value is -4.60. The lowest BCUT2D eigenvalue weighted by atomic mass is 10.0. The molecule has 0 atom stereocenters. The van der Waals surface area contributed by atoms with E-state index >= 15 is 0 Å². The number of hydrogen-bond acceptors (Lipinski definition) is 9. The predicted octanol–water partition coefficient (Wildman–Crippen LogP) is 6.97. The number of phenols is 2. The molecule has 0 aliphatic carbocycles. The minimum absolute atomic E-state index is 0.0972. The van der Waals surface area contributed by atoms with E-state index < -0.39 is 0 Å². The van der Waals surface area contributed by atoms with Crippen LogP contribution < -0.4 is 10.6 Å². The van der Waals surface area contributed by atoms with Gasteiger partial charge >= 0.3 is 0 Å². The van der Waals surface area contributed by atoms with Crippen molar-refractivity contribution in [3.05, 3.63) is 97.1 Å². The van der Waals surface area contributed by atoms with Gasteiger partial charge in [-0.25, -0.2) is 0 Å². The first-order valence-corrected chi connectivity index (χ1v) is 12.5. The number of hydrogen-bond donors (Lipinski definition) is 4. The maximum Gasteiger partial charge on any atom is 0.224 e. The first-order chi connectivity index (χ1) is 19.4. The summed E-state index contributed by atoms with van der Waals surface area (Å²) in [4.78, 5) is 29.2. The Labute approximate surface area is 239 Å². The molecule has 5 rings (SSSR count). The number of rotatable bonds is 3. The summed E-state index contributed by atoms with van der Waals surface area (Å²) in [6.07, 6.45) is 0. The van der Waals surface area contributed by atoms with E-state index in [4.69, 9.17) is 14.7 Å². The van der Waals surface area contributed by atoms with Crippen molar-refractivity contribution in [2.45, 2.75) is 11.8 Å². The van der Waals surface area contributed by atoms with Gasteiger partial charge in [-0.3, -0.25) is 4.79 Å². The van der Waals surface area contributed by atoms with Crippen LogP contribution in [0.15, 0.2) is 90.8 Å². The van der Waals surface area contributed by atoms with Crippen molar-refractivity contribution in [1.29, 1.82) is 0 Å². The van der Waals surface area contributed by atoms with Crippen LogP contribution in [0.4, 0.5) is 17.1 Å². The van der Waals surface area contributed by atoms with Crippen LogP contribution in [-0.4, -0.2) is 50.2 Å². The number of nitrogens with one attached hydrogen (secondary N) is 2. The van der Waals surface area contributed by atoms with Gasteiger partial charge in [-0.2, -0.15) is 0 Å². The van der Waals surface area contributed by atoms with Crippen LogP contribution in [0.2, 0.25) is 0 Å². The van der Waals surface area contributed by atoms with Crippen molar-refractivity contribution in [1.82, 2.24) is 0 Å². The van der Waals surface area contributed by atoms with Crippen molar-refractivity contribution in [2.75, 3.05) is 31.9 Å². The van der Waals surface area contributed by atoms with Gasteiger partial charge in [0, 0.05) is 48.5 Å². The largest absolute Gasteiger partial charge is 0.508 e. The molecule has 0 radical (unpaired) electrons. The van der Waals surface area contributed by atoms with Gasteiger partial charge in [0.05, 0.1) is 5.69 Å². The smallest absolute Gasteiger partial charge is 0.224 e. The molecule has 1 heterocycles. The minimum atomic E-state index is 0.0972. The van der Waals surface area contributed by atoms with E-state index in [1.165, 1.54) is 11.8 Å². The maximum absolute atomic E-state index is 12.2. The fourth-order valence-electron chi connectivity index (χ4n) is 3.47. The minimum Gasteiger partial charge on any atom is -0.508 e. The van der Waals surface area contributed by atoms with Crippen LogP contribution in [0.3, 0.4) is 0 Å². The van der Waals surface area contributed by atoms with Crippen molar-refractivity contribution in [2.24, 2.45) is 0 Å². The number of benzene rings is 4. The zero-order valence-electron chi connectivity index (χ0n) is 23.2. The third-order valence-corrected chi connectivity index (χ3v) is 6.07. The molecular weight excluding hydrogens is 528 g/mol. The first-order valence-electron chi connectivity index (χ1n) is 11.7. The quantitative estimate of drug-likeness (QED) is 0.154. The van der Waals surface area contributed by atoms with Crippen LogP contribution in [0.5, 0.6) is 11.5 Å². The molecule has 40 heavy (non-hydrogen) atoms. The molecule has 0 spiro atoms. The highest BCUT2D eigenvalue weighted by Gasteiger charge is 2.26. The topological polar surface area (TPSA) is 125 Å². The highest BCUT2D eigenvalue weighted by molar-refractivity contribution is 8.15. The summed E-state index contributed by atoms with van der Waals surface area (Å²) in [5, 5.41) is 26.8. The fraction of sp³-hybridized carbons (Fsp3) is 0.129. The average molecular weight is 565 g/mol. The van der Waals surface area contributed by atoms with E-state index in [0.29, 0.717) is 5.75 Å². The van der Waals surface area contributed by atoms with Crippen LogP contribution in [-0.2, 0) is 14.3 Å². The third-order valence-electron chi connectivity index (χ3n) is 5.04. The second-order valence-corrected chi connectivity index (χ2v) is 8.55. The number of anilines is 3. The lowest BCUT2D eigenvalue weighted by Crippen LogP contribution is -1.93. The Morgan fingerprint density at radius 3 is 1.75 bits per heavy atom. The standard InChI is InChI=1S/C18H13NO2S.C7H9NO.C2H6O.C2H4.2CH2O/c1-10-9-15(19-11-5-7-12(20)8-6-11)17-16-13(10)3-2-4-14(16)18(21)22-17;1-8-6-2-4-7(9)5-3-6;1-3-2;3*1-2/h2-9,19-20H,1H3;2-5,8-9H,1H3;1-2H3;1-2H2;2*1H2. The molecule has 0 saturated heterocycles. The average Bonchev–Trinajstić information content (AvgIpc) is 3.34. The van der Waals surface area contributed by atoms with Crippen molar-refractivity contribution < 1.29 is 29.3 Å². The zero-order chi connectivity index (χ0) is 30.7. The van der Waals surface area contributed by atoms with Crippen molar-refractivity contribution in [3.8, 4) is 11.5 Å². The van der Waals surface area contributed by atoms with Gasteiger partial charge in [0.1, 0.15) is 25.1 Å². The second-order valence-electron chi connectivity index (χ2n) is 7.56. The number of phenolic OH excluding ortho intramolecular Hbond substituents is 2. The van der Waals surface area contributed by atoms with Crippen LogP contribution in [0, 0.1) is 6.92 Å². The summed E-state index contributed by atoms with van der Waals surface area (Å²) in [6, 6.07) is 21.8. The van der Waals surface area contributed by atoms with Crippen LogP contribution in [0.25, 0.3) is 10.8 Å². The number of ether oxygens (including phenoxy) is 1. The van der Waals surface area contributed by atoms with Gasteiger partial charge in [-0.1, -0.05) is 12.1 Å². The molecule has 1 aliphatic heterocycles. The summed E-state index contributed by atoms with van der Waals surface area (Å²) in [5.74, 6) is 0.533. The molecule has 0 saturated carbocycles. The number of carbonyl (C=O) groups is 3. The molecule has 9 heteroatoms. The molecule has 0 aromatic heterocycles. The Balaban J connectivity index is 0.000000707. The summed E-state index contributed by atoms with van der Waals surface area (Å²) in [5.41, 5.74) is 4.74. The van der Waals surface area contributed by atoms with E-state index in [0.717, 1.165) is 43.9 Å². The van der Waals surface area contributed by atoms with Gasteiger partial charge in [0.15, 0.2) is 0 Å². The number of aryl methyl sites for hydroxylation is 1. The molecule has 8 nitrogen and oxygen atoms in total. The molecule has 0 fully saturated rings. The van der Waals surface area contributed by atoms with Gasteiger partial charge in [-0.05, 0) is 90.3 Å². The normalized spacial score (nSPS) is 9.85. The summed E-state index contributed by atoms with van der Waals surface area (Å²) in [7, 11) is 5.09. The number of aromatic hydroxyl groups is 2. The lowest BCUT2D eigenvalue weighted by molar-refractivity contribution is -0.0987. The third kappa shape index (κ3) is 9.94. The summed E-state index contributed by atoms with van der Waals surface area (Å²) in [6.45, 7) is 12.1. The van der Waals surface area contributed by atoms with Gasteiger partial charge in [-0.15, -0.1) is 13.2 Å². The van der Waals surface area contributed by atoms with E-state index in [-0.39, 0.29) is 10.9 Å². The summed E-state index contributed by atoms with van der Waals surface area (Å²) < 4.78 is 4.25. The zero-order valence-corrected chi connectivity index (χ0v) is 24.0. The highest BCUT2D eigenvalue weighted by Crippen LogP contribution is 2.46. The Morgan fingerprint density at radius 2 is 1.27 bits per heavy atom. The monoisotopic (exact) mass is 564 g/mol. The van der Waals surface area contributed by atoms with Crippen molar-refractivity contribution in [3.63, 3.8) is 0 Å². The van der Waals surface area contributed by atoms with Gasteiger partial charge in [0.2, 0.25) is 5.12 Å². The molecule has 4 N–H and O–H groups in total. The van der Waals surface area contributed by atoms with Gasteiger partial charge in [0.25, 0.3) is 0 Å².